The molecule has 0 unspecified atom stereocenters. The van der Waals surface area contributed by atoms with E-state index in [4.69, 9.17) is 5.73 Å². The second-order valence-electron chi connectivity index (χ2n) is 5.21. The van der Waals surface area contributed by atoms with Crippen LogP contribution in [0.4, 0.5) is 22.7 Å². The lowest BCUT2D eigenvalue weighted by molar-refractivity contribution is -0.392. The van der Waals surface area contributed by atoms with Crippen molar-refractivity contribution in [2.75, 3.05) is 5.32 Å². The van der Waals surface area contributed by atoms with Gasteiger partial charge in [0.05, 0.1) is 15.4 Å². The van der Waals surface area contributed by atoms with E-state index in [1.165, 1.54) is 0 Å². The maximum absolute atomic E-state index is 11.3. The Morgan fingerprint density at radius 2 is 1.58 bits per heavy atom. The molecule has 0 bridgehead atoms. The number of nitrogens with one attached hydrogen (secondary N) is 1. The Labute approximate surface area is 136 Å². The largest absolute Gasteiger partial charge is 0.366 e. The van der Waals surface area contributed by atoms with Gasteiger partial charge in [-0.15, -0.1) is 0 Å². The Morgan fingerprint density at radius 3 is 2.04 bits per heavy atom. The molecule has 2 aromatic rings. The van der Waals surface area contributed by atoms with Crippen LogP contribution in [0.15, 0.2) is 30.3 Å². The molecule has 0 fully saturated rings. The summed E-state index contributed by atoms with van der Waals surface area (Å²) in [5.41, 5.74) is 5.41. The van der Waals surface area contributed by atoms with Crippen molar-refractivity contribution < 1.29 is 14.6 Å². The highest BCUT2D eigenvalue weighted by molar-refractivity contribution is 5.97. The van der Waals surface area contributed by atoms with Crippen LogP contribution in [0.2, 0.25) is 0 Å². The lowest BCUT2D eigenvalue weighted by atomic mass is 10.1. The third-order valence-corrected chi connectivity index (χ3v) is 3.43. The number of nitro benzene ring substituents is 2. The molecule has 0 atom stereocenters. The number of hydrogen-bond acceptors (Lipinski definition) is 6. The topological polar surface area (TPSA) is 141 Å². The number of amides is 1. The fourth-order valence-electron chi connectivity index (χ4n) is 2.18. The fourth-order valence-corrected chi connectivity index (χ4v) is 2.18. The van der Waals surface area contributed by atoms with Gasteiger partial charge >= 0.3 is 11.4 Å². The van der Waals surface area contributed by atoms with Crippen molar-refractivity contribution in [2.24, 2.45) is 5.73 Å². The average molecular weight is 330 g/mol. The molecule has 9 nitrogen and oxygen atoms in total. The van der Waals surface area contributed by atoms with E-state index in [0.717, 1.165) is 23.3 Å². The summed E-state index contributed by atoms with van der Waals surface area (Å²) in [6, 6.07) is 7.18. The molecule has 0 radical (unpaired) electrons. The summed E-state index contributed by atoms with van der Waals surface area (Å²) in [7, 11) is 0. The minimum atomic E-state index is -0.987. The normalized spacial score (nSPS) is 10.2. The van der Waals surface area contributed by atoms with Gasteiger partial charge < -0.3 is 11.1 Å². The molecular formula is C15H14N4O5. The number of nitrogens with two attached hydrogens (primary N) is 1. The summed E-state index contributed by atoms with van der Waals surface area (Å²) in [5, 5.41) is 25.4. The molecule has 0 heterocycles. The maximum Gasteiger partial charge on any atom is 0.300 e. The van der Waals surface area contributed by atoms with Crippen molar-refractivity contribution in [2.45, 2.75) is 13.8 Å². The average Bonchev–Trinajstić information content (AvgIpc) is 2.50. The number of rotatable bonds is 5. The zero-order valence-electron chi connectivity index (χ0n) is 12.9. The van der Waals surface area contributed by atoms with Gasteiger partial charge in [0.15, 0.2) is 5.69 Å². The molecule has 24 heavy (non-hydrogen) atoms. The van der Waals surface area contributed by atoms with Gasteiger partial charge in [0, 0.05) is 17.8 Å². The van der Waals surface area contributed by atoms with Gasteiger partial charge in [-0.1, -0.05) is 12.1 Å². The zero-order chi connectivity index (χ0) is 18.0. The molecule has 9 heteroatoms. The molecule has 124 valence electrons. The Morgan fingerprint density at radius 1 is 1.04 bits per heavy atom. The van der Waals surface area contributed by atoms with Crippen molar-refractivity contribution >= 4 is 28.7 Å². The first kappa shape index (κ1) is 16.9. The molecule has 1 amide bonds. The predicted molar refractivity (Wildman–Crippen MR) is 87.5 cm³/mol. The molecule has 0 aliphatic rings. The lowest BCUT2D eigenvalue weighted by Crippen LogP contribution is -2.13. The van der Waals surface area contributed by atoms with E-state index in [1.807, 2.05) is 13.0 Å². The Kier molecular flexibility index (Phi) is 4.45. The fraction of sp³-hybridized carbons (Fsp3) is 0.133. The first-order valence-corrected chi connectivity index (χ1v) is 6.81. The molecule has 0 spiro atoms. The zero-order valence-corrected chi connectivity index (χ0v) is 12.9. The Balaban J connectivity index is 2.70. The van der Waals surface area contributed by atoms with E-state index >= 15 is 0 Å². The first-order valence-electron chi connectivity index (χ1n) is 6.81. The summed E-state index contributed by atoms with van der Waals surface area (Å²) in [6.45, 7) is 3.58. The number of carbonyl (C=O) groups is 1. The van der Waals surface area contributed by atoms with Crippen molar-refractivity contribution in [1.29, 1.82) is 0 Å². The number of anilines is 2. The van der Waals surface area contributed by atoms with E-state index in [1.54, 1.807) is 19.1 Å². The third kappa shape index (κ3) is 3.29. The smallest absolute Gasteiger partial charge is 0.300 e. The third-order valence-electron chi connectivity index (χ3n) is 3.43. The molecule has 0 aromatic heterocycles. The monoisotopic (exact) mass is 330 g/mol. The molecule has 3 N–H and O–H groups in total. The van der Waals surface area contributed by atoms with Crippen LogP contribution in [0.1, 0.15) is 21.5 Å². The van der Waals surface area contributed by atoms with Crippen LogP contribution in [0.3, 0.4) is 0 Å². The number of primary amides is 1. The predicted octanol–water partition coefficient (Wildman–Crippen LogP) is 2.96. The van der Waals surface area contributed by atoms with Crippen molar-refractivity contribution in [3.05, 3.63) is 67.3 Å². The van der Waals surface area contributed by atoms with Gasteiger partial charge in [-0.25, -0.2) is 0 Å². The minimum Gasteiger partial charge on any atom is -0.366 e. The minimum absolute atomic E-state index is 0.302. The van der Waals surface area contributed by atoms with Crippen LogP contribution < -0.4 is 11.1 Å². The van der Waals surface area contributed by atoms with Crippen molar-refractivity contribution in [1.82, 2.24) is 0 Å². The second kappa shape index (κ2) is 6.32. The molecule has 2 rings (SSSR count). The van der Waals surface area contributed by atoms with E-state index in [-0.39, 0.29) is 11.3 Å². The van der Waals surface area contributed by atoms with Gasteiger partial charge in [0.2, 0.25) is 5.91 Å². The molecule has 0 aliphatic carbocycles. The standard InChI is InChI=1S/C15H14N4O5/c1-8-3-4-9(2)11(5-8)17-14-12(18(21)22)6-10(15(16)20)7-13(14)19(23)24/h3-7,17H,1-2H3,(H2,16,20). The van der Waals surface area contributed by atoms with Crippen LogP contribution >= 0.6 is 0 Å². The number of hydrogen-bond donors (Lipinski definition) is 2. The molecule has 0 saturated carbocycles. The second-order valence-corrected chi connectivity index (χ2v) is 5.21. The van der Waals surface area contributed by atoms with Gasteiger partial charge in [-0.05, 0) is 31.0 Å². The number of aryl methyl sites for hydroxylation is 2. The van der Waals surface area contributed by atoms with Crippen LogP contribution in [0, 0.1) is 34.1 Å². The van der Waals surface area contributed by atoms with E-state index < -0.39 is 27.1 Å². The summed E-state index contributed by atoms with van der Waals surface area (Å²) < 4.78 is 0. The van der Waals surface area contributed by atoms with E-state index in [2.05, 4.69) is 5.32 Å². The lowest BCUT2D eigenvalue weighted by Gasteiger charge is -2.12. The highest BCUT2D eigenvalue weighted by Gasteiger charge is 2.28. The number of nitrogens with zero attached hydrogens (tertiary/aromatic N) is 2. The Hall–Kier alpha value is -3.49. The first-order chi connectivity index (χ1) is 11.2. The SMILES string of the molecule is Cc1ccc(C)c(Nc2c([N+](=O)[O-])cc(C(N)=O)cc2[N+](=O)[O-])c1. The van der Waals surface area contributed by atoms with Gasteiger partial charge in [-0.3, -0.25) is 25.0 Å². The summed E-state index contributed by atoms with van der Waals surface area (Å²) in [5.74, 6) is -0.987. The van der Waals surface area contributed by atoms with Crippen molar-refractivity contribution in [3.63, 3.8) is 0 Å². The number of carbonyl (C=O) groups excluding carboxylic acids is 1. The molecular weight excluding hydrogens is 316 g/mol. The molecule has 2 aromatic carbocycles. The summed E-state index contributed by atoms with van der Waals surface area (Å²) >= 11 is 0. The van der Waals surface area contributed by atoms with Crippen LogP contribution in [0.5, 0.6) is 0 Å². The van der Waals surface area contributed by atoms with Crippen LogP contribution in [-0.4, -0.2) is 15.8 Å². The maximum atomic E-state index is 11.3. The van der Waals surface area contributed by atoms with Gasteiger partial charge in [0.1, 0.15) is 0 Å². The van der Waals surface area contributed by atoms with E-state index in [0.29, 0.717) is 5.69 Å². The van der Waals surface area contributed by atoms with Gasteiger partial charge in [-0.2, -0.15) is 0 Å². The van der Waals surface area contributed by atoms with E-state index in [9.17, 15) is 25.0 Å². The van der Waals surface area contributed by atoms with Crippen LogP contribution in [-0.2, 0) is 0 Å². The highest BCUT2D eigenvalue weighted by Crippen LogP contribution is 2.38. The highest BCUT2D eigenvalue weighted by atomic mass is 16.6. The molecule has 0 saturated heterocycles. The van der Waals surface area contributed by atoms with Crippen LogP contribution in [0.25, 0.3) is 0 Å². The number of nitro groups is 2. The van der Waals surface area contributed by atoms with Gasteiger partial charge in [0.25, 0.3) is 0 Å². The molecule has 0 aliphatic heterocycles. The summed E-state index contributed by atoms with van der Waals surface area (Å²) in [4.78, 5) is 32.3. The number of benzene rings is 2. The van der Waals surface area contributed by atoms with Crippen molar-refractivity contribution in [3.8, 4) is 0 Å². The quantitative estimate of drug-likeness (QED) is 0.637. The summed E-state index contributed by atoms with van der Waals surface area (Å²) in [6.07, 6.45) is 0. The Bertz CT molecular complexity index is 828.